The number of aromatic nitrogens is 1. The standard InChI is InChI=1S/C9H13N3O3S/c1-5(10)8(13)11-3-2-7-12-6(4-16-7)9(14)15/h4-5H,2-3,10H2,1H3,(H,11,13)(H,14,15). The molecule has 88 valence electrons. The maximum atomic E-state index is 11.1. The van der Waals surface area contributed by atoms with Crippen LogP contribution in [0.2, 0.25) is 0 Å². The molecule has 0 aliphatic carbocycles. The molecule has 7 heteroatoms. The molecule has 4 N–H and O–H groups in total. The Morgan fingerprint density at radius 2 is 2.38 bits per heavy atom. The van der Waals surface area contributed by atoms with Crippen molar-refractivity contribution in [2.24, 2.45) is 5.73 Å². The van der Waals surface area contributed by atoms with Crippen LogP contribution in [0.25, 0.3) is 0 Å². The highest BCUT2D eigenvalue weighted by Gasteiger charge is 2.09. The lowest BCUT2D eigenvalue weighted by Crippen LogP contribution is -2.39. The smallest absolute Gasteiger partial charge is 0.355 e. The van der Waals surface area contributed by atoms with Gasteiger partial charge in [-0.25, -0.2) is 9.78 Å². The first-order valence-corrected chi connectivity index (χ1v) is 5.59. The van der Waals surface area contributed by atoms with Crippen molar-refractivity contribution >= 4 is 23.2 Å². The van der Waals surface area contributed by atoms with Gasteiger partial charge in [0.25, 0.3) is 0 Å². The van der Waals surface area contributed by atoms with Gasteiger partial charge in [0.1, 0.15) is 0 Å². The van der Waals surface area contributed by atoms with E-state index in [-0.39, 0.29) is 11.6 Å². The summed E-state index contributed by atoms with van der Waals surface area (Å²) in [5, 5.41) is 13.4. The Bertz CT molecular complexity index is 389. The van der Waals surface area contributed by atoms with Crippen molar-refractivity contribution in [3.8, 4) is 0 Å². The molecule has 1 aromatic heterocycles. The van der Waals surface area contributed by atoms with Gasteiger partial charge in [-0.15, -0.1) is 11.3 Å². The van der Waals surface area contributed by atoms with Crippen LogP contribution in [-0.4, -0.2) is 34.6 Å². The summed E-state index contributed by atoms with van der Waals surface area (Å²) < 4.78 is 0. The Kier molecular flexibility index (Phi) is 4.39. The molecule has 1 heterocycles. The summed E-state index contributed by atoms with van der Waals surface area (Å²) in [5.41, 5.74) is 5.40. The normalized spacial score (nSPS) is 12.1. The minimum absolute atomic E-state index is 0.0403. The maximum absolute atomic E-state index is 11.1. The van der Waals surface area contributed by atoms with E-state index >= 15 is 0 Å². The molecule has 0 spiro atoms. The lowest BCUT2D eigenvalue weighted by molar-refractivity contribution is -0.121. The van der Waals surface area contributed by atoms with E-state index in [1.54, 1.807) is 6.92 Å². The van der Waals surface area contributed by atoms with E-state index < -0.39 is 12.0 Å². The third-order valence-electron chi connectivity index (χ3n) is 1.82. The van der Waals surface area contributed by atoms with E-state index in [0.29, 0.717) is 18.0 Å². The van der Waals surface area contributed by atoms with Gasteiger partial charge in [0.15, 0.2) is 5.69 Å². The minimum Gasteiger partial charge on any atom is -0.476 e. The van der Waals surface area contributed by atoms with Gasteiger partial charge in [-0.05, 0) is 6.92 Å². The highest BCUT2D eigenvalue weighted by Crippen LogP contribution is 2.09. The molecule has 0 radical (unpaired) electrons. The van der Waals surface area contributed by atoms with Crippen LogP contribution < -0.4 is 11.1 Å². The predicted octanol–water partition coefficient (Wildman–Crippen LogP) is -0.153. The highest BCUT2D eigenvalue weighted by atomic mass is 32.1. The molecular formula is C9H13N3O3S. The molecule has 0 fully saturated rings. The second-order valence-electron chi connectivity index (χ2n) is 3.26. The molecule has 0 bridgehead atoms. The van der Waals surface area contributed by atoms with Crippen LogP contribution in [0.5, 0.6) is 0 Å². The first-order chi connectivity index (χ1) is 7.50. The van der Waals surface area contributed by atoms with Gasteiger partial charge in [-0.3, -0.25) is 4.79 Å². The number of carboxylic acid groups (broad SMARTS) is 1. The largest absolute Gasteiger partial charge is 0.476 e. The number of nitrogens with two attached hydrogens (primary N) is 1. The Labute approximate surface area is 96.5 Å². The Morgan fingerprint density at radius 1 is 1.69 bits per heavy atom. The Hall–Kier alpha value is -1.47. The predicted molar refractivity (Wildman–Crippen MR) is 59.4 cm³/mol. The number of carboxylic acids is 1. The van der Waals surface area contributed by atoms with E-state index in [1.807, 2.05) is 0 Å². The summed E-state index contributed by atoms with van der Waals surface area (Å²) in [5.74, 6) is -1.27. The number of rotatable bonds is 5. The van der Waals surface area contributed by atoms with Gasteiger partial charge in [-0.1, -0.05) is 0 Å². The van der Waals surface area contributed by atoms with Crippen LogP contribution in [0.4, 0.5) is 0 Å². The van der Waals surface area contributed by atoms with Crippen molar-refractivity contribution < 1.29 is 14.7 Å². The van der Waals surface area contributed by atoms with Crippen molar-refractivity contribution in [1.82, 2.24) is 10.3 Å². The lowest BCUT2D eigenvalue weighted by Gasteiger charge is -2.05. The summed E-state index contributed by atoms with van der Waals surface area (Å²) in [7, 11) is 0. The number of amides is 1. The van der Waals surface area contributed by atoms with Gasteiger partial charge in [0, 0.05) is 18.3 Å². The molecule has 1 rings (SSSR count). The fraction of sp³-hybridized carbons (Fsp3) is 0.444. The SMILES string of the molecule is CC(N)C(=O)NCCc1nc(C(=O)O)cs1. The van der Waals surface area contributed by atoms with Gasteiger partial charge in [-0.2, -0.15) is 0 Å². The summed E-state index contributed by atoms with van der Waals surface area (Å²) in [4.78, 5) is 25.5. The molecule has 0 saturated carbocycles. The minimum atomic E-state index is -1.04. The van der Waals surface area contributed by atoms with E-state index in [4.69, 9.17) is 10.8 Å². The van der Waals surface area contributed by atoms with Gasteiger partial charge in [0.05, 0.1) is 11.0 Å². The number of nitrogens with zero attached hydrogens (tertiary/aromatic N) is 1. The van der Waals surface area contributed by atoms with Gasteiger partial charge < -0.3 is 16.2 Å². The third-order valence-corrected chi connectivity index (χ3v) is 2.73. The number of carbonyl (C=O) groups excluding carboxylic acids is 1. The molecule has 6 nitrogen and oxygen atoms in total. The molecule has 1 atom stereocenters. The molecule has 0 aromatic carbocycles. The molecule has 0 aliphatic rings. The second-order valence-corrected chi connectivity index (χ2v) is 4.20. The van der Waals surface area contributed by atoms with E-state index in [1.165, 1.54) is 16.7 Å². The van der Waals surface area contributed by atoms with Gasteiger partial charge >= 0.3 is 5.97 Å². The molecule has 1 amide bonds. The fourth-order valence-electron chi connectivity index (χ4n) is 0.978. The molecule has 1 unspecified atom stereocenters. The number of aromatic carboxylic acids is 1. The summed E-state index contributed by atoms with van der Waals surface area (Å²) in [6.07, 6.45) is 0.510. The number of nitrogens with one attached hydrogen (secondary N) is 1. The van der Waals surface area contributed by atoms with E-state index in [0.717, 1.165) is 0 Å². The van der Waals surface area contributed by atoms with Crippen LogP contribution in [0.3, 0.4) is 0 Å². The number of thiazole rings is 1. The Morgan fingerprint density at radius 3 is 2.88 bits per heavy atom. The molecule has 0 aliphatic heterocycles. The van der Waals surface area contributed by atoms with Crippen molar-refractivity contribution in [2.75, 3.05) is 6.54 Å². The quantitative estimate of drug-likeness (QED) is 0.666. The first kappa shape index (κ1) is 12.6. The molecule has 0 saturated heterocycles. The van der Waals surface area contributed by atoms with E-state index in [2.05, 4.69) is 10.3 Å². The highest BCUT2D eigenvalue weighted by molar-refractivity contribution is 7.09. The topological polar surface area (TPSA) is 105 Å². The zero-order chi connectivity index (χ0) is 12.1. The van der Waals surface area contributed by atoms with Crippen LogP contribution in [0.1, 0.15) is 22.4 Å². The Balaban J connectivity index is 2.37. The van der Waals surface area contributed by atoms with Crippen molar-refractivity contribution in [2.45, 2.75) is 19.4 Å². The second kappa shape index (κ2) is 5.57. The summed E-state index contributed by atoms with van der Waals surface area (Å²) >= 11 is 1.26. The van der Waals surface area contributed by atoms with Crippen LogP contribution in [-0.2, 0) is 11.2 Å². The summed E-state index contributed by atoms with van der Waals surface area (Å²) in [6.45, 7) is 2.01. The van der Waals surface area contributed by atoms with Crippen LogP contribution >= 0.6 is 11.3 Å². The van der Waals surface area contributed by atoms with Crippen molar-refractivity contribution in [1.29, 1.82) is 0 Å². The van der Waals surface area contributed by atoms with Crippen LogP contribution in [0.15, 0.2) is 5.38 Å². The number of carbonyl (C=O) groups is 2. The number of hydrogen-bond donors (Lipinski definition) is 3. The average Bonchev–Trinajstić information content (AvgIpc) is 2.66. The zero-order valence-electron chi connectivity index (χ0n) is 8.77. The molecule has 1 aromatic rings. The monoisotopic (exact) mass is 243 g/mol. The summed E-state index contributed by atoms with van der Waals surface area (Å²) in [6, 6.07) is -0.536. The fourth-order valence-corrected chi connectivity index (χ4v) is 1.75. The zero-order valence-corrected chi connectivity index (χ0v) is 9.58. The molecule has 16 heavy (non-hydrogen) atoms. The maximum Gasteiger partial charge on any atom is 0.355 e. The average molecular weight is 243 g/mol. The van der Waals surface area contributed by atoms with Crippen molar-refractivity contribution in [3.63, 3.8) is 0 Å². The van der Waals surface area contributed by atoms with Crippen molar-refractivity contribution in [3.05, 3.63) is 16.1 Å². The van der Waals surface area contributed by atoms with Gasteiger partial charge in [0.2, 0.25) is 5.91 Å². The van der Waals surface area contributed by atoms with E-state index in [9.17, 15) is 9.59 Å². The van der Waals surface area contributed by atoms with Crippen LogP contribution in [0, 0.1) is 0 Å². The number of hydrogen-bond acceptors (Lipinski definition) is 5. The lowest BCUT2D eigenvalue weighted by atomic mass is 10.3. The first-order valence-electron chi connectivity index (χ1n) is 4.71. The molecular weight excluding hydrogens is 230 g/mol. The third kappa shape index (κ3) is 3.59.